The molecule has 20 heavy (non-hydrogen) atoms. The van der Waals surface area contributed by atoms with Crippen LogP contribution >= 0.6 is 0 Å². The van der Waals surface area contributed by atoms with Gasteiger partial charge in [-0.05, 0) is 62.9 Å². The zero-order chi connectivity index (χ0) is 14.4. The second kappa shape index (κ2) is 7.75. The van der Waals surface area contributed by atoms with Gasteiger partial charge in [0.1, 0.15) is 5.82 Å². The standard InChI is InChI=1S/C17H27FN2/c1-3-10-20-11-4-5-16(13-20)14(2)19-12-15-6-8-17(18)9-7-15/h6-9,14,16,19H,3-5,10-13H2,1-2H3. The molecule has 0 aromatic heterocycles. The van der Waals surface area contributed by atoms with E-state index in [-0.39, 0.29) is 5.82 Å². The summed E-state index contributed by atoms with van der Waals surface area (Å²) in [6.45, 7) is 9.05. The number of hydrogen-bond acceptors (Lipinski definition) is 2. The van der Waals surface area contributed by atoms with Crippen molar-refractivity contribution in [3.8, 4) is 0 Å². The smallest absolute Gasteiger partial charge is 0.123 e. The van der Waals surface area contributed by atoms with Gasteiger partial charge in [0.2, 0.25) is 0 Å². The maximum Gasteiger partial charge on any atom is 0.123 e. The lowest BCUT2D eigenvalue weighted by atomic mass is 9.91. The number of piperidine rings is 1. The lowest BCUT2D eigenvalue weighted by Crippen LogP contribution is -2.44. The fourth-order valence-corrected chi connectivity index (χ4v) is 3.07. The minimum atomic E-state index is -0.163. The number of rotatable bonds is 6. The van der Waals surface area contributed by atoms with E-state index in [1.165, 1.54) is 51.0 Å². The monoisotopic (exact) mass is 278 g/mol. The first kappa shape index (κ1) is 15.5. The van der Waals surface area contributed by atoms with Gasteiger partial charge in [0.05, 0.1) is 0 Å². The molecule has 1 aromatic carbocycles. The van der Waals surface area contributed by atoms with E-state index in [9.17, 15) is 4.39 Å². The Morgan fingerprint density at radius 3 is 2.80 bits per heavy atom. The lowest BCUT2D eigenvalue weighted by Gasteiger charge is -2.36. The first-order chi connectivity index (χ1) is 9.69. The Morgan fingerprint density at radius 1 is 1.35 bits per heavy atom. The average molecular weight is 278 g/mol. The van der Waals surface area contributed by atoms with E-state index in [2.05, 4.69) is 24.1 Å². The molecule has 1 fully saturated rings. The second-order valence-electron chi connectivity index (χ2n) is 6.00. The van der Waals surface area contributed by atoms with Crippen molar-refractivity contribution in [1.82, 2.24) is 10.2 Å². The zero-order valence-corrected chi connectivity index (χ0v) is 12.7. The Bertz CT molecular complexity index is 388. The Morgan fingerprint density at radius 2 is 2.10 bits per heavy atom. The molecule has 2 unspecified atom stereocenters. The van der Waals surface area contributed by atoms with Crippen molar-refractivity contribution in [3.63, 3.8) is 0 Å². The molecule has 0 spiro atoms. The minimum absolute atomic E-state index is 0.163. The second-order valence-corrected chi connectivity index (χ2v) is 6.00. The normalized spacial score (nSPS) is 21.9. The van der Waals surface area contributed by atoms with Crippen LogP contribution in [0.1, 0.15) is 38.7 Å². The Kier molecular flexibility index (Phi) is 5.99. The molecule has 0 radical (unpaired) electrons. The van der Waals surface area contributed by atoms with Crippen molar-refractivity contribution >= 4 is 0 Å². The highest BCUT2D eigenvalue weighted by Gasteiger charge is 2.23. The molecule has 1 heterocycles. The summed E-state index contributed by atoms with van der Waals surface area (Å²) >= 11 is 0. The van der Waals surface area contributed by atoms with Crippen molar-refractivity contribution in [2.45, 2.75) is 45.7 Å². The fourth-order valence-electron chi connectivity index (χ4n) is 3.07. The summed E-state index contributed by atoms with van der Waals surface area (Å²) in [5.74, 6) is 0.569. The maximum atomic E-state index is 12.9. The third-order valence-corrected chi connectivity index (χ3v) is 4.33. The van der Waals surface area contributed by atoms with E-state index in [1.807, 2.05) is 12.1 Å². The number of likely N-dealkylation sites (tertiary alicyclic amines) is 1. The summed E-state index contributed by atoms with van der Waals surface area (Å²) in [5, 5.41) is 3.60. The molecule has 1 aliphatic rings. The van der Waals surface area contributed by atoms with Crippen LogP contribution in [0, 0.1) is 11.7 Å². The van der Waals surface area contributed by atoms with E-state index >= 15 is 0 Å². The largest absolute Gasteiger partial charge is 0.310 e. The Balaban J connectivity index is 1.79. The summed E-state index contributed by atoms with van der Waals surface area (Å²) in [7, 11) is 0. The highest BCUT2D eigenvalue weighted by Crippen LogP contribution is 2.20. The highest BCUT2D eigenvalue weighted by molar-refractivity contribution is 5.15. The number of halogens is 1. The molecule has 1 saturated heterocycles. The van der Waals surface area contributed by atoms with Crippen LogP contribution in [-0.2, 0) is 6.54 Å². The summed E-state index contributed by atoms with van der Waals surface area (Å²) < 4.78 is 12.9. The van der Waals surface area contributed by atoms with Gasteiger partial charge in [-0.1, -0.05) is 19.1 Å². The van der Waals surface area contributed by atoms with E-state index in [0.717, 1.165) is 18.0 Å². The van der Waals surface area contributed by atoms with Crippen molar-refractivity contribution in [1.29, 1.82) is 0 Å². The molecule has 2 nitrogen and oxygen atoms in total. The number of benzene rings is 1. The molecular formula is C17H27FN2. The van der Waals surface area contributed by atoms with Crippen molar-refractivity contribution in [3.05, 3.63) is 35.6 Å². The van der Waals surface area contributed by atoms with E-state index in [4.69, 9.17) is 0 Å². The van der Waals surface area contributed by atoms with Crippen molar-refractivity contribution < 1.29 is 4.39 Å². The van der Waals surface area contributed by atoms with Crippen LogP contribution in [0.25, 0.3) is 0 Å². The van der Waals surface area contributed by atoms with E-state index < -0.39 is 0 Å². The predicted molar refractivity (Wildman–Crippen MR) is 82.2 cm³/mol. The van der Waals surface area contributed by atoms with E-state index in [0.29, 0.717) is 6.04 Å². The first-order valence-corrected chi connectivity index (χ1v) is 7.89. The zero-order valence-electron chi connectivity index (χ0n) is 12.7. The van der Waals surface area contributed by atoms with Gasteiger partial charge in [-0.15, -0.1) is 0 Å². The Labute approximate surface area is 122 Å². The Hall–Kier alpha value is -0.930. The summed E-state index contributed by atoms with van der Waals surface area (Å²) in [6.07, 6.45) is 3.87. The molecular weight excluding hydrogens is 251 g/mol. The highest BCUT2D eigenvalue weighted by atomic mass is 19.1. The number of nitrogens with zero attached hydrogens (tertiary/aromatic N) is 1. The van der Waals surface area contributed by atoms with Crippen LogP contribution in [0.2, 0.25) is 0 Å². The quantitative estimate of drug-likeness (QED) is 0.857. The molecule has 3 heteroatoms. The van der Waals surface area contributed by atoms with Gasteiger partial charge < -0.3 is 10.2 Å². The average Bonchev–Trinajstić information content (AvgIpc) is 2.47. The molecule has 1 aliphatic heterocycles. The van der Waals surface area contributed by atoms with Crippen LogP contribution in [0.5, 0.6) is 0 Å². The van der Waals surface area contributed by atoms with Crippen LogP contribution in [0.3, 0.4) is 0 Å². The van der Waals surface area contributed by atoms with Crippen LogP contribution in [0.4, 0.5) is 4.39 Å². The van der Waals surface area contributed by atoms with Gasteiger partial charge in [-0.25, -0.2) is 4.39 Å². The lowest BCUT2D eigenvalue weighted by molar-refractivity contribution is 0.150. The number of hydrogen-bond donors (Lipinski definition) is 1. The topological polar surface area (TPSA) is 15.3 Å². The van der Waals surface area contributed by atoms with Crippen LogP contribution in [0.15, 0.2) is 24.3 Å². The molecule has 112 valence electrons. The third kappa shape index (κ3) is 4.57. The van der Waals surface area contributed by atoms with E-state index in [1.54, 1.807) is 0 Å². The van der Waals surface area contributed by atoms with Crippen LogP contribution in [-0.4, -0.2) is 30.6 Å². The molecule has 2 rings (SSSR count). The molecule has 0 bridgehead atoms. The summed E-state index contributed by atoms with van der Waals surface area (Å²) in [5.41, 5.74) is 1.15. The van der Waals surface area contributed by atoms with Gasteiger partial charge in [0, 0.05) is 19.1 Å². The predicted octanol–water partition coefficient (Wildman–Crippen LogP) is 3.43. The molecule has 0 amide bonds. The summed E-state index contributed by atoms with van der Waals surface area (Å²) in [6, 6.07) is 7.30. The van der Waals surface area contributed by atoms with Crippen LogP contribution < -0.4 is 5.32 Å². The van der Waals surface area contributed by atoms with Gasteiger partial charge in [0.15, 0.2) is 0 Å². The third-order valence-electron chi connectivity index (χ3n) is 4.33. The molecule has 1 N–H and O–H groups in total. The SMILES string of the molecule is CCCN1CCCC(C(C)NCc2ccc(F)cc2)C1. The molecule has 1 aromatic rings. The van der Waals surface area contributed by atoms with Crippen molar-refractivity contribution in [2.24, 2.45) is 5.92 Å². The maximum absolute atomic E-state index is 12.9. The van der Waals surface area contributed by atoms with Gasteiger partial charge in [-0.2, -0.15) is 0 Å². The molecule has 0 saturated carbocycles. The summed E-state index contributed by atoms with van der Waals surface area (Å²) in [4.78, 5) is 2.59. The number of nitrogens with one attached hydrogen (secondary N) is 1. The van der Waals surface area contributed by atoms with Gasteiger partial charge in [0.25, 0.3) is 0 Å². The fraction of sp³-hybridized carbons (Fsp3) is 0.647. The molecule has 2 atom stereocenters. The first-order valence-electron chi connectivity index (χ1n) is 7.89. The minimum Gasteiger partial charge on any atom is -0.310 e. The van der Waals surface area contributed by atoms with Crippen molar-refractivity contribution in [2.75, 3.05) is 19.6 Å². The molecule has 0 aliphatic carbocycles. The van der Waals surface area contributed by atoms with Gasteiger partial charge >= 0.3 is 0 Å². The van der Waals surface area contributed by atoms with Gasteiger partial charge in [-0.3, -0.25) is 0 Å².